The Morgan fingerprint density at radius 1 is 1.26 bits per heavy atom. The van der Waals surface area contributed by atoms with Crippen LogP contribution in [0.1, 0.15) is 26.5 Å². The van der Waals surface area contributed by atoms with Gasteiger partial charge < -0.3 is 10.4 Å². The van der Waals surface area contributed by atoms with E-state index in [9.17, 15) is 9.59 Å². The summed E-state index contributed by atoms with van der Waals surface area (Å²) in [6, 6.07) is 10.3. The summed E-state index contributed by atoms with van der Waals surface area (Å²) >= 11 is 0. The first-order valence-corrected chi connectivity index (χ1v) is 6.47. The highest BCUT2D eigenvalue weighted by atomic mass is 16.4. The number of hydrogen-bond donors (Lipinski definition) is 2. The fraction of sp³-hybridized carbons (Fsp3) is 0. The monoisotopic (exact) mass is 307 g/mol. The van der Waals surface area contributed by atoms with Crippen molar-refractivity contribution in [1.82, 2.24) is 14.4 Å². The van der Waals surface area contributed by atoms with Crippen LogP contribution in [0.3, 0.4) is 0 Å². The third kappa shape index (κ3) is 2.58. The first kappa shape index (κ1) is 14.2. The number of amides is 1. The molecule has 8 nitrogen and oxygen atoms in total. The van der Waals surface area contributed by atoms with Crippen molar-refractivity contribution in [2.24, 2.45) is 0 Å². The van der Waals surface area contributed by atoms with E-state index in [0.29, 0.717) is 5.56 Å². The van der Waals surface area contributed by atoms with Crippen LogP contribution >= 0.6 is 0 Å². The van der Waals surface area contributed by atoms with Crippen molar-refractivity contribution in [2.45, 2.75) is 0 Å². The number of carboxylic acids is 1. The highest BCUT2D eigenvalue weighted by Gasteiger charge is 2.18. The van der Waals surface area contributed by atoms with Gasteiger partial charge in [-0.3, -0.25) is 9.20 Å². The SMILES string of the molecule is N#Cc1ncn2cc(C(=O)O)nc(NC(=O)c3ccccc3)c12. The summed E-state index contributed by atoms with van der Waals surface area (Å²) in [4.78, 5) is 31.2. The Labute approximate surface area is 129 Å². The minimum atomic E-state index is -1.26. The minimum absolute atomic E-state index is 0.0344. The first-order chi connectivity index (χ1) is 11.1. The molecule has 0 saturated heterocycles. The molecule has 2 aromatic heterocycles. The summed E-state index contributed by atoms with van der Waals surface area (Å²) < 4.78 is 1.34. The van der Waals surface area contributed by atoms with E-state index in [4.69, 9.17) is 10.4 Å². The van der Waals surface area contributed by atoms with Crippen molar-refractivity contribution in [1.29, 1.82) is 5.26 Å². The Morgan fingerprint density at radius 3 is 2.65 bits per heavy atom. The van der Waals surface area contributed by atoms with Crippen LogP contribution in [0.15, 0.2) is 42.9 Å². The minimum Gasteiger partial charge on any atom is -0.476 e. The van der Waals surface area contributed by atoms with Crippen LogP contribution in [0.25, 0.3) is 5.52 Å². The number of nitrogens with one attached hydrogen (secondary N) is 1. The fourth-order valence-electron chi connectivity index (χ4n) is 2.07. The van der Waals surface area contributed by atoms with Crippen LogP contribution in [0.5, 0.6) is 0 Å². The number of aromatic carboxylic acids is 1. The predicted molar refractivity (Wildman–Crippen MR) is 79.1 cm³/mol. The molecule has 0 aliphatic carbocycles. The molecule has 0 saturated carbocycles. The zero-order valence-corrected chi connectivity index (χ0v) is 11.6. The second kappa shape index (κ2) is 5.57. The van der Waals surface area contributed by atoms with Gasteiger partial charge in [-0.2, -0.15) is 5.26 Å². The number of hydrogen-bond acceptors (Lipinski definition) is 5. The maximum absolute atomic E-state index is 12.2. The van der Waals surface area contributed by atoms with Crippen molar-refractivity contribution < 1.29 is 14.7 Å². The summed E-state index contributed by atoms with van der Waals surface area (Å²) in [5.74, 6) is -1.75. The topological polar surface area (TPSA) is 120 Å². The van der Waals surface area contributed by atoms with Crippen molar-refractivity contribution in [3.05, 3.63) is 59.8 Å². The van der Waals surface area contributed by atoms with Crippen LogP contribution in [-0.2, 0) is 0 Å². The average Bonchev–Trinajstić information content (AvgIpc) is 2.99. The molecule has 8 heteroatoms. The average molecular weight is 307 g/mol. The van der Waals surface area contributed by atoms with Gasteiger partial charge in [0.25, 0.3) is 5.91 Å². The van der Waals surface area contributed by atoms with Gasteiger partial charge in [0.1, 0.15) is 17.9 Å². The molecule has 0 atom stereocenters. The molecular weight excluding hydrogens is 298 g/mol. The van der Waals surface area contributed by atoms with Crippen LogP contribution in [-0.4, -0.2) is 31.4 Å². The van der Waals surface area contributed by atoms with Crippen molar-refractivity contribution in [3.8, 4) is 6.07 Å². The van der Waals surface area contributed by atoms with E-state index >= 15 is 0 Å². The molecule has 0 fully saturated rings. The molecule has 2 heterocycles. The van der Waals surface area contributed by atoms with Gasteiger partial charge in [0.2, 0.25) is 0 Å². The molecule has 1 aromatic carbocycles. The zero-order valence-electron chi connectivity index (χ0n) is 11.6. The summed E-state index contributed by atoms with van der Waals surface area (Å²) in [5.41, 5.74) is 0.383. The van der Waals surface area contributed by atoms with Gasteiger partial charge in [-0.25, -0.2) is 14.8 Å². The number of nitriles is 1. The van der Waals surface area contributed by atoms with Crippen molar-refractivity contribution >= 4 is 23.2 Å². The summed E-state index contributed by atoms with van der Waals surface area (Å²) in [6.07, 6.45) is 2.52. The van der Waals surface area contributed by atoms with Gasteiger partial charge >= 0.3 is 5.97 Å². The van der Waals surface area contributed by atoms with E-state index in [2.05, 4.69) is 15.3 Å². The Balaban J connectivity index is 2.11. The van der Waals surface area contributed by atoms with E-state index < -0.39 is 11.9 Å². The summed E-state index contributed by atoms with van der Waals surface area (Å²) in [6.45, 7) is 0. The zero-order chi connectivity index (χ0) is 16.4. The molecule has 3 aromatic rings. The number of fused-ring (bicyclic) bond motifs is 1. The highest BCUT2D eigenvalue weighted by Crippen LogP contribution is 2.20. The predicted octanol–water partition coefficient (Wildman–Crippen LogP) is 1.55. The number of nitrogens with zero attached hydrogens (tertiary/aromatic N) is 4. The van der Waals surface area contributed by atoms with Crippen LogP contribution in [0, 0.1) is 11.3 Å². The number of anilines is 1. The number of benzene rings is 1. The molecule has 0 spiro atoms. The standard InChI is InChI=1S/C15H9N5O3/c16-6-10-12-13(19-14(21)9-4-2-1-3-5-9)18-11(15(22)23)7-20(12)8-17-10/h1-5,7-8H,(H,22,23)(H,18,19,21). The molecule has 0 radical (unpaired) electrons. The third-order valence-corrected chi connectivity index (χ3v) is 3.10. The lowest BCUT2D eigenvalue weighted by atomic mass is 10.2. The number of imidazole rings is 1. The Kier molecular flexibility index (Phi) is 3.44. The molecule has 1 amide bonds. The second-order valence-corrected chi connectivity index (χ2v) is 4.56. The van der Waals surface area contributed by atoms with Crippen molar-refractivity contribution in [3.63, 3.8) is 0 Å². The van der Waals surface area contributed by atoms with Crippen LogP contribution in [0.2, 0.25) is 0 Å². The molecule has 2 N–H and O–H groups in total. The molecule has 112 valence electrons. The van der Waals surface area contributed by atoms with E-state index in [1.54, 1.807) is 30.3 Å². The molecule has 0 aliphatic heterocycles. The lowest BCUT2D eigenvalue weighted by Crippen LogP contribution is -2.15. The largest absolute Gasteiger partial charge is 0.476 e. The van der Waals surface area contributed by atoms with E-state index in [-0.39, 0.29) is 22.7 Å². The Hall–Kier alpha value is -3.73. The van der Waals surface area contributed by atoms with Crippen LogP contribution in [0.4, 0.5) is 5.82 Å². The van der Waals surface area contributed by atoms with E-state index in [0.717, 1.165) is 0 Å². The molecule has 0 bridgehead atoms. The lowest BCUT2D eigenvalue weighted by Gasteiger charge is -2.08. The molecule has 3 rings (SSSR count). The summed E-state index contributed by atoms with van der Waals surface area (Å²) in [5, 5.41) is 20.7. The first-order valence-electron chi connectivity index (χ1n) is 6.47. The fourth-order valence-corrected chi connectivity index (χ4v) is 2.07. The molecule has 23 heavy (non-hydrogen) atoms. The highest BCUT2D eigenvalue weighted by molar-refractivity contribution is 6.06. The number of aromatic nitrogens is 3. The van der Waals surface area contributed by atoms with Gasteiger partial charge in [-0.1, -0.05) is 18.2 Å². The van der Waals surface area contributed by atoms with E-state index in [1.807, 2.05) is 6.07 Å². The second-order valence-electron chi connectivity index (χ2n) is 4.56. The number of rotatable bonds is 3. The van der Waals surface area contributed by atoms with Crippen molar-refractivity contribution in [2.75, 3.05) is 5.32 Å². The maximum atomic E-state index is 12.2. The van der Waals surface area contributed by atoms with Gasteiger partial charge in [0.05, 0.1) is 0 Å². The normalized spacial score (nSPS) is 10.2. The number of carbonyl (C=O) groups is 2. The van der Waals surface area contributed by atoms with Gasteiger partial charge in [-0.15, -0.1) is 0 Å². The number of carboxylic acid groups (broad SMARTS) is 1. The lowest BCUT2D eigenvalue weighted by molar-refractivity contribution is 0.0689. The van der Waals surface area contributed by atoms with Gasteiger partial charge in [-0.05, 0) is 12.1 Å². The molecular formula is C15H9N5O3. The van der Waals surface area contributed by atoms with E-state index in [1.165, 1.54) is 16.9 Å². The molecule has 0 aliphatic rings. The summed E-state index contributed by atoms with van der Waals surface area (Å²) in [7, 11) is 0. The Bertz CT molecular complexity index is 956. The van der Waals surface area contributed by atoms with Crippen LogP contribution < -0.4 is 5.32 Å². The van der Waals surface area contributed by atoms with Gasteiger partial charge in [0.15, 0.2) is 17.2 Å². The Morgan fingerprint density at radius 2 is 2.00 bits per heavy atom. The smallest absolute Gasteiger partial charge is 0.356 e. The maximum Gasteiger partial charge on any atom is 0.356 e. The quantitative estimate of drug-likeness (QED) is 0.757. The molecule has 0 unspecified atom stereocenters. The van der Waals surface area contributed by atoms with Gasteiger partial charge in [0, 0.05) is 11.8 Å². The third-order valence-electron chi connectivity index (χ3n) is 3.10. The number of carbonyl (C=O) groups excluding carboxylic acids is 1.